The highest BCUT2D eigenvalue weighted by molar-refractivity contribution is 4.79. The molecule has 1 rings (SSSR count). The zero-order valence-electron chi connectivity index (χ0n) is 10.4. The molecule has 1 aliphatic rings. The molecule has 0 radical (unpaired) electrons. The van der Waals surface area contributed by atoms with Gasteiger partial charge in [0.1, 0.15) is 0 Å². The fourth-order valence-corrected chi connectivity index (χ4v) is 2.02. The summed E-state index contributed by atoms with van der Waals surface area (Å²) in [5.41, 5.74) is 0.360. The van der Waals surface area contributed by atoms with Crippen molar-refractivity contribution in [2.75, 3.05) is 32.8 Å². The second kappa shape index (κ2) is 5.83. The molecule has 90 valence electrons. The molecular formula is C12H26N2O. The Morgan fingerprint density at radius 1 is 1.40 bits per heavy atom. The van der Waals surface area contributed by atoms with Gasteiger partial charge in [-0.2, -0.15) is 0 Å². The number of piperidine rings is 1. The number of hydrogen-bond acceptors (Lipinski definition) is 3. The van der Waals surface area contributed by atoms with Crippen molar-refractivity contribution in [2.45, 2.75) is 39.7 Å². The van der Waals surface area contributed by atoms with Gasteiger partial charge in [-0.3, -0.25) is 4.90 Å². The molecule has 1 saturated heterocycles. The van der Waals surface area contributed by atoms with Crippen molar-refractivity contribution in [2.24, 2.45) is 5.41 Å². The van der Waals surface area contributed by atoms with E-state index < -0.39 is 0 Å². The van der Waals surface area contributed by atoms with Crippen molar-refractivity contribution in [3.8, 4) is 0 Å². The summed E-state index contributed by atoms with van der Waals surface area (Å²) in [4.78, 5) is 2.35. The van der Waals surface area contributed by atoms with E-state index in [9.17, 15) is 0 Å². The van der Waals surface area contributed by atoms with Crippen LogP contribution < -0.4 is 5.32 Å². The Hall–Kier alpha value is -0.120. The van der Waals surface area contributed by atoms with Crippen LogP contribution in [-0.2, 0) is 0 Å². The molecule has 0 aromatic heterocycles. The molecule has 3 nitrogen and oxygen atoms in total. The third-order valence-electron chi connectivity index (χ3n) is 2.84. The first-order valence-corrected chi connectivity index (χ1v) is 6.08. The molecule has 0 amide bonds. The van der Waals surface area contributed by atoms with Crippen LogP contribution in [0.15, 0.2) is 0 Å². The molecule has 1 unspecified atom stereocenters. The van der Waals surface area contributed by atoms with Crippen molar-refractivity contribution in [3.05, 3.63) is 0 Å². The number of hydrogen-bond donors (Lipinski definition) is 2. The summed E-state index contributed by atoms with van der Waals surface area (Å²) >= 11 is 0. The summed E-state index contributed by atoms with van der Waals surface area (Å²) < 4.78 is 0. The molecule has 0 bridgehead atoms. The maximum absolute atomic E-state index is 8.90. The van der Waals surface area contributed by atoms with Crippen molar-refractivity contribution in [1.82, 2.24) is 10.2 Å². The van der Waals surface area contributed by atoms with E-state index in [0.29, 0.717) is 11.5 Å². The van der Waals surface area contributed by atoms with Crippen LogP contribution in [0, 0.1) is 5.41 Å². The number of aliphatic hydroxyl groups is 1. The molecule has 0 aromatic rings. The second-order valence-electron chi connectivity index (χ2n) is 5.80. The van der Waals surface area contributed by atoms with Crippen molar-refractivity contribution < 1.29 is 5.11 Å². The largest absolute Gasteiger partial charge is 0.395 e. The Morgan fingerprint density at radius 3 is 2.73 bits per heavy atom. The lowest BCUT2D eigenvalue weighted by Gasteiger charge is -2.34. The molecule has 0 spiro atoms. The van der Waals surface area contributed by atoms with Gasteiger partial charge in [-0.15, -0.1) is 0 Å². The van der Waals surface area contributed by atoms with Gasteiger partial charge < -0.3 is 10.4 Å². The predicted molar refractivity (Wildman–Crippen MR) is 64.0 cm³/mol. The number of β-amino-alcohol motifs (C(OH)–C–C–N with tert-alkyl or cyclic N) is 1. The third-order valence-corrected chi connectivity index (χ3v) is 2.84. The monoisotopic (exact) mass is 214 g/mol. The molecule has 2 N–H and O–H groups in total. The number of rotatable bonds is 4. The van der Waals surface area contributed by atoms with Gasteiger partial charge in [0, 0.05) is 25.7 Å². The molecule has 0 aliphatic carbocycles. The number of aliphatic hydroxyl groups excluding tert-OH is 1. The summed E-state index contributed by atoms with van der Waals surface area (Å²) in [5.74, 6) is 0. The molecule has 3 heteroatoms. The van der Waals surface area contributed by atoms with Crippen LogP contribution >= 0.6 is 0 Å². The molecule has 15 heavy (non-hydrogen) atoms. The molecule has 1 heterocycles. The lowest BCUT2D eigenvalue weighted by molar-refractivity contribution is 0.147. The normalized spacial score (nSPS) is 24.4. The van der Waals surface area contributed by atoms with E-state index in [1.807, 2.05) is 0 Å². The lowest BCUT2D eigenvalue weighted by atomic mass is 9.95. The van der Waals surface area contributed by atoms with E-state index in [-0.39, 0.29) is 6.61 Å². The topological polar surface area (TPSA) is 35.5 Å². The number of likely N-dealkylation sites (tertiary alicyclic amines) is 1. The number of nitrogens with zero attached hydrogens (tertiary/aromatic N) is 1. The Bertz CT molecular complexity index is 175. The minimum Gasteiger partial charge on any atom is -0.395 e. The molecule has 0 aromatic carbocycles. The molecule has 1 atom stereocenters. The summed E-state index contributed by atoms with van der Waals surface area (Å²) in [6.45, 7) is 11.2. The summed E-state index contributed by atoms with van der Waals surface area (Å²) in [7, 11) is 0. The standard InChI is InChI=1S/C12H26N2O/c1-12(2,3)10-13-11-5-4-6-14(9-11)7-8-15/h11,13,15H,4-10H2,1-3H3. The predicted octanol–water partition coefficient (Wildman–Crippen LogP) is 1.08. The van der Waals surface area contributed by atoms with Gasteiger partial charge >= 0.3 is 0 Å². The van der Waals surface area contributed by atoms with Crippen molar-refractivity contribution in [3.63, 3.8) is 0 Å². The van der Waals surface area contributed by atoms with Crippen LogP contribution in [-0.4, -0.2) is 48.8 Å². The Kier molecular flexibility index (Phi) is 5.03. The van der Waals surface area contributed by atoms with E-state index in [1.54, 1.807) is 0 Å². The molecular weight excluding hydrogens is 188 g/mol. The zero-order chi connectivity index (χ0) is 11.3. The highest BCUT2D eigenvalue weighted by Gasteiger charge is 2.20. The van der Waals surface area contributed by atoms with Crippen LogP contribution in [0.5, 0.6) is 0 Å². The number of nitrogens with one attached hydrogen (secondary N) is 1. The van der Waals surface area contributed by atoms with Crippen LogP contribution in [0.3, 0.4) is 0 Å². The first-order chi connectivity index (χ1) is 7.01. The van der Waals surface area contributed by atoms with Crippen molar-refractivity contribution in [1.29, 1.82) is 0 Å². The highest BCUT2D eigenvalue weighted by Crippen LogP contribution is 2.14. The third kappa shape index (κ3) is 5.50. The van der Waals surface area contributed by atoms with Gasteiger partial charge in [0.25, 0.3) is 0 Å². The van der Waals surface area contributed by atoms with Gasteiger partial charge in [0.05, 0.1) is 6.61 Å². The van der Waals surface area contributed by atoms with Crippen LogP contribution in [0.2, 0.25) is 0 Å². The summed E-state index contributed by atoms with van der Waals surface area (Å²) in [6.07, 6.45) is 2.53. The minimum absolute atomic E-state index is 0.284. The van der Waals surface area contributed by atoms with Crippen LogP contribution in [0.4, 0.5) is 0 Å². The first kappa shape index (κ1) is 12.9. The second-order valence-corrected chi connectivity index (χ2v) is 5.80. The van der Waals surface area contributed by atoms with Gasteiger partial charge in [-0.1, -0.05) is 20.8 Å². The molecule has 0 saturated carbocycles. The lowest BCUT2D eigenvalue weighted by Crippen LogP contribution is -2.48. The fraction of sp³-hybridized carbons (Fsp3) is 1.00. The van der Waals surface area contributed by atoms with Crippen LogP contribution in [0.1, 0.15) is 33.6 Å². The van der Waals surface area contributed by atoms with Gasteiger partial charge in [0.15, 0.2) is 0 Å². The maximum Gasteiger partial charge on any atom is 0.0558 e. The summed E-state index contributed by atoms with van der Waals surface area (Å²) in [5, 5.41) is 12.5. The minimum atomic E-state index is 0.284. The smallest absolute Gasteiger partial charge is 0.0558 e. The average molecular weight is 214 g/mol. The summed E-state index contributed by atoms with van der Waals surface area (Å²) in [6, 6.07) is 0.615. The quantitative estimate of drug-likeness (QED) is 0.735. The van der Waals surface area contributed by atoms with Gasteiger partial charge in [-0.05, 0) is 24.8 Å². The van der Waals surface area contributed by atoms with Crippen LogP contribution in [0.25, 0.3) is 0 Å². The van der Waals surface area contributed by atoms with E-state index in [4.69, 9.17) is 5.11 Å². The van der Waals surface area contributed by atoms with Gasteiger partial charge in [-0.25, -0.2) is 0 Å². The Balaban J connectivity index is 2.24. The maximum atomic E-state index is 8.90. The van der Waals surface area contributed by atoms with Gasteiger partial charge in [0.2, 0.25) is 0 Å². The highest BCUT2D eigenvalue weighted by atomic mass is 16.3. The molecule has 1 aliphatic heterocycles. The van der Waals surface area contributed by atoms with E-state index in [1.165, 1.54) is 12.8 Å². The van der Waals surface area contributed by atoms with E-state index >= 15 is 0 Å². The molecule has 1 fully saturated rings. The van der Waals surface area contributed by atoms with Crippen molar-refractivity contribution >= 4 is 0 Å². The van der Waals surface area contributed by atoms with E-state index in [2.05, 4.69) is 31.0 Å². The average Bonchev–Trinajstić information content (AvgIpc) is 2.15. The van der Waals surface area contributed by atoms with E-state index in [0.717, 1.165) is 26.2 Å². The first-order valence-electron chi connectivity index (χ1n) is 6.08. The fourth-order valence-electron chi connectivity index (χ4n) is 2.02. The SMILES string of the molecule is CC(C)(C)CNC1CCCN(CCO)C1. The zero-order valence-corrected chi connectivity index (χ0v) is 10.4. The Labute approximate surface area is 93.9 Å². The Morgan fingerprint density at radius 2 is 2.13 bits per heavy atom.